The lowest BCUT2D eigenvalue weighted by atomic mass is 9.96. The first-order chi connectivity index (χ1) is 16.4. The Kier molecular flexibility index (Phi) is 5.10. The van der Waals surface area contributed by atoms with Crippen LogP contribution in [0.4, 0.5) is 0 Å². The molecule has 6 rings (SSSR count). The molecule has 2 atom stereocenters. The Hall–Kier alpha value is -2.99. The summed E-state index contributed by atoms with van der Waals surface area (Å²) < 4.78 is 8.15. The van der Waals surface area contributed by atoms with Crippen LogP contribution in [-0.4, -0.2) is 21.2 Å². The normalized spacial score (nSPS) is 18.9. The first-order valence-corrected chi connectivity index (χ1v) is 11.9. The highest BCUT2D eigenvalue weighted by atomic mass is 35.5. The first-order valence-electron chi connectivity index (χ1n) is 10.8. The molecule has 0 bridgehead atoms. The smallest absolute Gasteiger partial charge is 0.227 e. The van der Waals surface area contributed by atoms with Crippen molar-refractivity contribution in [3.05, 3.63) is 98.6 Å². The number of fused-ring (bicyclic) bond motifs is 4. The monoisotopic (exact) mass is 509 g/mol. The minimum Gasteiger partial charge on any atom is -0.463 e. The van der Waals surface area contributed by atoms with Crippen molar-refractivity contribution in [1.29, 1.82) is 0 Å². The second-order valence-corrected chi connectivity index (χ2v) is 9.70. The summed E-state index contributed by atoms with van der Waals surface area (Å²) >= 11 is 19.1. The van der Waals surface area contributed by atoms with E-state index in [2.05, 4.69) is 0 Å². The summed E-state index contributed by atoms with van der Waals surface area (Å²) in [6, 6.07) is 18.8. The van der Waals surface area contributed by atoms with Crippen LogP contribution in [0.25, 0.3) is 10.9 Å². The van der Waals surface area contributed by atoms with E-state index in [1.54, 1.807) is 17.6 Å². The second-order valence-electron chi connectivity index (χ2n) is 8.42. The van der Waals surface area contributed by atoms with Crippen molar-refractivity contribution < 1.29 is 9.53 Å². The van der Waals surface area contributed by atoms with Gasteiger partial charge in [-0.05, 0) is 35.9 Å². The summed E-state index contributed by atoms with van der Waals surface area (Å²) in [5.74, 6) is 0.510. The van der Waals surface area contributed by atoms with E-state index in [4.69, 9.17) is 44.6 Å². The third kappa shape index (κ3) is 3.38. The molecule has 0 amide bonds. The lowest BCUT2D eigenvalue weighted by molar-refractivity contribution is -0.0180. The molecule has 0 saturated heterocycles. The quantitative estimate of drug-likeness (QED) is 0.280. The Balaban J connectivity index is 1.54. The van der Waals surface area contributed by atoms with Gasteiger partial charge in [0.2, 0.25) is 12.1 Å². The van der Waals surface area contributed by atoms with Gasteiger partial charge in [-0.3, -0.25) is 9.36 Å². The van der Waals surface area contributed by atoms with Gasteiger partial charge < -0.3 is 4.74 Å². The molecule has 2 aliphatic rings. The number of carbonyl (C=O) groups excluding carboxylic acids is 1. The fourth-order valence-electron chi connectivity index (χ4n) is 4.80. The van der Waals surface area contributed by atoms with Gasteiger partial charge >= 0.3 is 0 Å². The molecule has 4 aromatic rings. The van der Waals surface area contributed by atoms with Gasteiger partial charge in [-0.2, -0.15) is 5.10 Å². The van der Waals surface area contributed by atoms with E-state index in [0.717, 1.165) is 33.3 Å². The zero-order valence-corrected chi connectivity index (χ0v) is 20.3. The Morgan fingerprint density at radius 2 is 1.76 bits per heavy atom. The number of ether oxygens (including phenoxy) is 1. The summed E-state index contributed by atoms with van der Waals surface area (Å²) in [4.78, 5) is 12.4. The average molecular weight is 511 g/mol. The maximum Gasteiger partial charge on any atom is 0.227 e. The summed E-state index contributed by atoms with van der Waals surface area (Å²) in [6.07, 6.45) is 1.90. The molecule has 5 nitrogen and oxygen atoms in total. The molecule has 0 unspecified atom stereocenters. The predicted octanol–water partition coefficient (Wildman–Crippen LogP) is 7.50. The molecule has 2 aliphatic heterocycles. The Morgan fingerprint density at radius 1 is 1.00 bits per heavy atom. The molecular weight excluding hydrogens is 493 g/mol. The van der Waals surface area contributed by atoms with Crippen molar-refractivity contribution in [2.24, 2.45) is 5.10 Å². The molecule has 170 valence electrons. The van der Waals surface area contributed by atoms with Crippen molar-refractivity contribution in [2.45, 2.75) is 25.6 Å². The average Bonchev–Trinajstić information content (AvgIpc) is 3.42. The number of halogens is 3. The van der Waals surface area contributed by atoms with Crippen LogP contribution < -0.4 is 4.74 Å². The maximum absolute atomic E-state index is 12.4. The molecule has 8 heteroatoms. The van der Waals surface area contributed by atoms with Gasteiger partial charge in [-0.1, -0.05) is 65.1 Å². The van der Waals surface area contributed by atoms with Crippen LogP contribution in [0.5, 0.6) is 5.75 Å². The molecule has 0 saturated carbocycles. The number of hydrogen-bond acceptors (Lipinski definition) is 4. The summed E-state index contributed by atoms with van der Waals surface area (Å²) in [6.45, 7) is 1.54. The van der Waals surface area contributed by atoms with Crippen molar-refractivity contribution in [2.75, 3.05) is 0 Å². The topological polar surface area (TPSA) is 46.8 Å². The Bertz CT molecular complexity index is 1490. The Labute approximate surface area is 211 Å². The zero-order valence-electron chi connectivity index (χ0n) is 18.0. The molecule has 3 heterocycles. The molecule has 0 aliphatic carbocycles. The highest BCUT2D eigenvalue weighted by Gasteiger charge is 2.43. The number of para-hydroxylation sites is 1. The van der Waals surface area contributed by atoms with Gasteiger partial charge in [0.05, 0.1) is 22.3 Å². The van der Waals surface area contributed by atoms with E-state index in [9.17, 15) is 4.79 Å². The fraction of sp³-hybridized carbons (Fsp3) is 0.154. The predicted molar refractivity (Wildman–Crippen MR) is 135 cm³/mol. The van der Waals surface area contributed by atoms with Crippen molar-refractivity contribution in [1.82, 2.24) is 9.58 Å². The molecule has 0 N–H and O–H groups in total. The lowest BCUT2D eigenvalue weighted by Crippen LogP contribution is -2.33. The fourth-order valence-corrected chi connectivity index (χ4v) is 5.48. The SMILES string of the molecule is CC(=O)n1cc([C@H]2Oc3c(Cl)cc(Cl)cc3[C@H]3CC(c4ccc(Cl)cc4)=NN32)c2ccccc21. The van der Waals surface area contributed by atoms with E-state index >= 15 is 0 Å². The van der Waals surface area contributed by atoms with Crippen molar-refractivity contribution in [3.8, 4) is 5.75 Å². The van der Waals surface area contributed by atoms with Gasteiger partial charge in [0, 0.05) is 46.1 Å². The number of benzene rings is 3. The maximum atomic E-state index is 12.4. The van der Waals surface area contributed by atoms with Crippen LogP contribution in [0, 0.1) is 0 Å². The minimum absolute atomic E-state index is 0.0770. The van der Waals surface area contributed by atoms with E-state index in [-0.39, 0.29) is 11.9 Å². The van der Waals surface area contributed by atoms with Gasteiger partial charge in [0.15, 0.2) is 0 Å². The van der Waals surface area contributed by atoms with Crippen LogP contribution in [0.2, 0.25) is 15.1 Å². The second kappa shape index (κ2) is 8.05. The molecule has 34 heavy (non-hydrogen) atoms. The number of carbonyl (C=O) groups is 1. The lowest BCUT2D eigenvalue weighted by Gasteiger charge is -2.38. The van der Waals surface area contributed by atoms with Gasteiger partial charge in [-0.15, -0.1) is 0 Å². The number of nitrogens with zero attached hydrogens (tertiary/aromatic N) is 3. The first kappa shape index (κ1) is 21.5. The van der Waals surface area contributed by atoms with Gasteiger partial charge in [-0.25, -0.2) is 5.01 Å². The largest absolute Gasteiger partial charge is 0.463 e. The zero-order chi connectivity index (χ0) is 23.6. The standard InChI is InChI=1S/C26H18Cl3N3O2/c1-14(33)31-13-20(18-4-2-3-5-23(18)31)26-32-24(19-10-17(28)11-21(29)25(19)34-26)12-22(30-32)15-6-8-16(27)9-7-15/h2-11,13,24,26H,12H2,1H3/t24-,26-/m1/s1. The van der Waals surface area contributed by atoms with Crippen LogP contribution in [0.15, 0.2) is 72.0 Å². The third-order valence-corrected chi connectivity index (χ3v) is 7.08. The molecule has 1 aromatic heterocycles. The van der Waals surface area contributed by atoms with E-state index in [1.165, 1.54) is 0 Å². The van der Waals surface area contributed by atoms with Crippen LogP contribution in [-0.2, 0) is 0 Å². The molecule has 3 aromatic carbocycles. The van der Waals surface area contributed by atoms with E-state index < -0.39 is 6.23 Å². The summed E-state index contributed by atoms with van der Waals surface area (Å²) in [5, 5.41) is 9.52. The summed E-state index contributed by atoms with van der Waals surface area (Å²) in [5.41, 5.74) is 4.44. The number of hydrogen-bond donors (Lipinski definition) is 0. The highest BCUT2D eigenvalue weighted by molar-refractivity contribution is 6.35. The number of aromatic nitrogens is 1. The third-order valence-electron chi connectivity index (χ3n) is 6.33. The van der Waals surface area contributed by atoms with E-state index in [1.807, 2.05) is 65.8 Å². The number of hydrazone groups is 1. The molecular formula is C26H18Cl3N3O2. The summed E-state index contributed by atoms with van der Waals surface area (Å²) in [7, 11) is 0. The van der Waals surface area contributed by atoms with Crippen molar-refractivity contribution >= 4 is 57.3 Å². The van der Waals surface area contributed by atoms with E-state index in [0.29, 0.717) is 27.2 Å². The number of rotatable bonds is 2. The molecule has 0 spiro atoms. The van der Waals surface area contributed by atoms with Crippen LogP contribution in [0.1, 0.15) is 47.1 Å². The molecule has 0 radical (unpaired) electrons. The minimum atomic E-state index is -0.577. The molecule has 0 fully saturated rings. The Morgan fingerprint density at radius 3 is 2.53 bits per heavy atom. The van der Waals surface area contributed by atoms with Crippen molar-refractivity contribution in [3.63, 3.8) is 0 Å². The van der Waals surface area contributed by atoms with Gasteiger partial charge in [0.25, 0.3) is 0 Å². The van der Waals surface area contributed by atoms with Crippen LogP contribution >= 0.6 is 34.8 Å². The van der Waals surface area contributed by atoms with Crippen LogP contribution in [0.3, 0.4) is 0 Å². The highest BCUT2D eigenvalue weighted by Crippen LogP contribution is 2.51. The van der Waals surface area contributed by atoms with Gasteiger partial charge in [0.1, 0.15) is 5.75 Å².